The Morgan fingerprint density at radius 3 is 2.30 bits per heavy atom. The van der Waals surface area contributed by atoms with Gasteiger partial charge in [-0.15, -0.1) is 0 Å². The van der Waals surface area contributed by atoms with Crippen LogP contribution in [0.3, 0.4) is 0 Å². The van der Waals surface area contributed by atoms with Crippen LogP contribution < -0.4 is 10.0 Å². The second kappa shape index (κ2) is 8.73. The molecule has 0 atom stereocenters. The first-order chi connectivity index (χ1) is 12.6. The van der Waals surface area contributed by atoms with Gasteiger partial charge in [-0.25, -0.2) is 13.1 Å². The highest BCUT2D eigenvalue weighted by Gasteiger charge is 2.29. The molecule has 0 aliphatic heterocycles. The molecule has 2 aromatic rings. The quantitative estimate of drug-likeness (QED) is 0.676. The number of alkyl halides is 3. The average molecular weight is 421 g/mol. The molecule has 146 valence electrons. The number of sulfonamides is 1. The van der Waals surface area contributed by atoms with Crippen LogP contribution in [-0.2, 0) is 27.4 Å². The zero-order chi connectivity index (χ0) is 20.1. The summed E-state index contributed by atoms with van der Waals surface area (Å²) in [4.78, 5) is 11.8. The number of nitrogens with one attached hydrogen (secondary N) is 2. The van der Waals surface area contributed by atoms with Gasteiger partial charge in [0.1, 0.15) is 0 Å². The van der Waals surface area contributed by atoms with Crippen LogP contribution in [0.4, 0.5) is 13.2 Å². The molecule has 0 saturated carbocycles. The van der Waals surface area contributed by atoms with E-state index in [4.69, 9.17) is 11.6 Å². The first-order valence-corrected chi connectivity index (χ1v) is 9.62. The van der Waals surface area contributed by atoms with Crippen LogP contribution in [0, 0.1) is 0 Å². The van der Waals surface area contributed by atoms with Crippen molar-refractivity contribution < 1.29 is 26.4 Å². The van der Waals surface area contributed by atoms with Crippen LogP contribution in [0.5, 0.6) is 0 Å². The minimum Gasteiger partial charge on any atom is -0.355 e. The van der Waals surface area contributed by atoms with Crippen molar-refractivity contribution in [3.05, 3.63) is 64.7 Å². The topological polar surface area (TPSA) is 75.3 Å². The maximum absolute atomic E-state index is 12.5. The molecule has 2 rings (SSSR count). The van der Waals surface area contributed by atoms with E-state index in [9.17, 15) is 26.4 Å². The van der Waals surface area contributed by atoms with Crippen molar-refractivity contribution in [1.82, 2.24) is 10.0 Å². The lowest BCUT2D eigenvalue weighted by molar-refractivity contribution is -0.137. The summed E-state index contributed by atoms with van der Waals surface area (Å²) in [6.07, 6.45) is -4.54. The molecule has 0 heterocycles. The first kappa shape index (κ1) is 21.2. The Labute approximate surface area is 159 Å². The molecule has 0 saturated heterocycles. The van der Waals surface area contributed by atoms with Crippen molar-refractivity contribution in [1.29, 1.82) is 0 Å². The molecule has 0 bridgehead atoms. The first-order valence-electron chi connectivity index (χ1n) is 7.76. The summed E-state index contributed by atoms with van der Waals surface area (Å²) in [6.45, 7) is -0.0210. The van der Waals surface area contributed by atoms with Gasteiger partial charge in [0.15, 0.2) is 0 Å². The van der Waals surface area contributed by atoms with Crippen LogP contribution in [0.2, 0.25) is 5.02 Å². The molecule has 2 N–H and O–H groups in total. The summed E-state index contributed by atoms with van der Waals surface area (Å²) in [5.41, 5.74) is -0.373. The summed E-state index contributed by atoms with van der Waals surface area (Å²) in [6, 6.07) is 9.99. The van der Waals surface area contributed by atoms with E-state index < -0.39 is 27.7 Å². The Morgan fingerprint density at radius 2 is 1.70 bits per heavy atom. The lowest BCUT2D eigenvalue weighted by Gasteiger charge is -2.09. The molecule has 0 fully saturated rings. The molecule has 0 aliphatic carbocycles. The highest BCUT2D eigenvalue weighted by Crippen LogP contribution is 2.29. The fourth-order valence-corrected chi connectivity index (χ4v) is 3.50. The Morgan fingerprint density at radius 1 is 1.04 bits per heavy atom. The number of carbonyl (C=O) groups excluding carboxylic acids is 1. The standard InChI is InChI=1S/C17H16ClF3N2O3S/c18-14-2-1-3-15(11-14)27(25,26)23-9-8-22-16(24)10-12-4-6-13(7-5-12)17(19,20)21/h1-7,11,23H,8-10H2,(H,22,24). The van der Waals surface area contributed by atoms with E-state index in [0.717, 1.165) is 12.1 Å². The van der Waals surface area contributed by atoms with E-state index in [-0.39, 0.29) is 29.4 Å². The van der Waals surface area contributed by atoms with Crippen LogP contribution in [0.15, 0.2) is 53.4 Å². The molecular weight excluding hydrogens is 405 g/mol. The zero-order valence-corrected chi connectivity index (χ0v) is 15.5. The van der Waals surface area contributed by atoms with Gasteiger partial charge in [0.2, 0.25) is 15.9 Å². The monoisotopic (exact) mass is 420 g/mol. The predicted octanol–water partition coefficient (Wildman–Crippen LogP) is 3.00. The van der Waals surface area contributed by atoms with Gasteiger partial charge < -0.3 is 5.32 Å². The highest BCUT2D eigenvalue weighted by atomic mass is 35.5. The van der Waals surface area contributed by atoms with Gasteiger partial charge in [-0.3, -0.25) is 4.79 Å². The number of hydrogen-bond acceptors (Lipinski definition) is 3. The van der Waals surface area contributed by atoms with E-state index in [1.54, 1.807) is 6.07 Å². The fourth-order valence-electron chi connectivity index (χ4n) is 2.16. The zero-order valence-electron chi connectivity index (χ0n) is 13.9. The van der Waals surface area contributed by atoms with Crippen molar-refractivity contribution >= 4 is 27.5 Å². The molecule has 1 amide bonds. The van der Waals surface area contributed by atoms with Gasteiger partial charge in [-0.05, 0) is 35.9 Å². The third kappa shape index (κ3) is 6.53. The van der Waals surface area contributed by atoms with Gasteiger partial charge in [-0.1, -0.05) is 29.8 Å². The highest BCUT2D eigenvalue weighted by molar-refractivity contribution is 7.89. The van der Waals surface area contributed by atoms with Gasteiger partial charge in [0, 0.05) is 18.1 Å². The minimum absolute atomic E-state index is 0.00563. The van der Waals surface area contributed by atoms with Crippen molar-refractivity contribution in [3.63, 3.8) is 0 Å². The molecule has 10 heteroatoms. The third-order valence-electron chi connectivity index (χ3n) is 3.49. The normalized spacial score (nSPS) is 12.0. The van der Waals surface area contributed by atoms with Crippen molar-refractivity contribution in [3.8, 4) is 0 Å². The summed E-state index contributed by atoms with van der Waals surface area (Å²) >= 11 is 5.75. The Bertz CT molecular complexity index is 900. The van der Waals surface area contributed by atoms with Crippen molar-refractivity contribution in [2.45, 2.75) is 17.5 Å². The van der Waals surface area contributed by atoms with E-state index in [0.29, 0.717) is 5.56 Å². The van der Waals surface area contributed by atoms with E-state index >= 15 is 0 Å². The lowest BCUT2D eigenvalue weighted by Crippen LogP contribution is -2.35. The van der Waals surface area contributed by atoms with Gasteiger partial charge in [-0.2, -0.15) is 13.2 Å². The molecule has 0 aliphatic rings. The SMILES string of the molecule is O=C(Cc1ccc(C(F)(F)F)cc1)NCCNS(=O)(=O)c1cccc(Cl)c1. The average Bonchev–Trinajstić information content (AvgIpc) is 2.58. The molecule has 0 radical (unpaired) electrons. The maximum Gasteiger partial charge on any atom is 0.416 e. The smallest absolute Gasteiger partial charge is 0.355 e. The fraction of sp³-hybridized carbons (Fsp3) is 0.235. The molecule has 0 spiro atoms. The number of halogens is 4. The summed E-state index contributed by atoms with van der Waals surface area (Å²) in [7, 11) is -3.75. The molecule has 0 aromatic heterocycles. The molecule has 5 nitrogen and oxygen atoms in total. The van der Waals surface area contributed by atoms with Crippen LogP contribution in [0.1, 0.15) is 11.1 Å². The number of rotatable bonds is 7. The predicted molar refractivity (Wildman–Crippen MR) is 94.8 cm³/mol. The maximum atomic E-state index is 12.5. The number of benzene rings is 2. The second-order valence-electron chi connectivity index (χ2n) is 5.58. The molecule has 2 aromatic carbocycles. The largest absolute Gasteiger partial charge is 0.416 e. The number of carbonyl (C=O) groups is 1. The van der Waals surface area contributed by atoms with Crippen LogP contribution in [0.25, 0.3) is 0 Å². The lowest BCUT2D eigenvalue weighted by atomic mass is 10.1. The van der Waals surface area contributed by atoms with Gasteiger partial charge in [0.05, 0.1) is 16.9 Å². The van der Waals surface area contributed by atoms with Gasteiger partial charge in [0.25, 0.3) is 0 Å². The molecule has 0 unspecified atom stereocenters. The second-order valence-corrected chi connectivity index (χ2v) is 7.78. The Balaban J connectivity index is 1.79. The van der Waals surface area contributed by atoms with Crippen molar-refractivity contribution in [2.75, 3.05) is 13.1 Å². The molecule has 27 heavy (non-hydrogen) atoms. The van der Waals surface area contributed by atoms with E-state index in [1.807, 2.05) is 0 Å². The van der Waals surface area contributed by atoms with Gasteiger partial charge >= 0.3 is 6.18 Å². The number of hydrogen-bond donors (Lipinski definition) is 2. The summed E-state index contributed by atoms with van der Waals surface area (Å²) in [5, 5.41) is 2.78. The third-order valence-corrected chi connectivity index (χ3v) is 5.19. The Kier molecular flexibility index (Phi) is 6.85. The summed E-state index contributed by atoms with van der Waals surface area (Å²) < 4.78 is 63.9. The van der Waals surface area contributed by atoms with Crippen LogP contribution >= 0.6 is 11.6 Å². The van der Waals surface area contributed by atoms with E-state index in [2.05, 4.69) is 10.0 Å². The van der Waals surface area contributed by atoms with Crippen molar-refractivity contribution in [2.24, 2.45) is 0 Å². The van der Waals surface area contributed by atoms with Crippen LogP contribution in [-0.4, -0.2) is 27.4 Å². The molecular formula is C17H16ClF3N2O3S. The minimum atomic E-state index is -4.43. The number of amides is 1. The Hall–Kier alpha value is -2.10. The van der Waals surface area contributed by atoms with E-state index in [1.165, 1.54) is 30.3 Å². The summed E-state index contributed by atoms with van der Waals surface area (Å²) in [5.74, 6) is -0.434.